The first-order valence-corrected chi connectivity index (χ1v) is 6.38. The number of hydrogen-bond acceptors (Lipinski definition) is 2. The summed E-state index contributed by atoms with van der Waals surface area (Å²) in [6.45, 7) is -1.37. The Hall–Kier alpha value is -0.420. The van der Waals surface area contributed by atoms with Gasteiger partial charge < -0.3 is 11.1 Å². The first-order valence-electron chi connectivity index (χ1n) is 6.38. The zero-order valence-corrected chi connectivity index (χ0v) is 11.4. The molecule has 6 heteroatoms. The summed E-state index contributed by atoms with van der Waals surface area (Å²) < 4.78 is 25.5. The minimum atomic E-state index is -2.99. The van der Waals surface area contributed by atoms with Crippen LogP contribution in [-0.4, -0.2) is 24.9 Å². The molecule has 0 aliphatic heterocycles. The molecule has 0 atom stereocenters. The first kappa shape index (κ1) is 17.6. The summed E-state index contributed by atoms with van der Waals surface area (Å²) in [7, 11) is 0. The number of hydrogen-bond donors (Lipinski definition) is 2. The van der Waals surface area contributed by atoms with Crippen molar-refractivity contribution in [1.29, 1.82) is 0 Å². The fraction of sp³-hybridized carbons (Fsp3) is 0.917. The Bertz CT molecular complexity index is 246. The van der Waals surface area contributed by atoms with Gasteiger partial charge >= 0.3 is 0 Å². The Morgan fingerprint density at radius 2 is 1.94 bits per heavy atom. The van der Waals surface area contributed by atoms with Crippen LogP contribution in [0, 0.1) is 5.92 Å². The Kier molecular flexibility index (Phi) is 8.44. The fourth-order valence-electron chi connectivity index (χ4n) is 2.24. The van der Waals surface area contributed by atoms with E-state index in [4.69, 9.17) is 5.73 Å². The van der Waals surface area contributed by atoms with E-state index in [1.165, 1.54) is 25.7 Å². The second-order valence-electron chi connectivity index (χ2n) is 4.88. The summed E-state index contributed by atoms with van der Waals surface area (Å²) in [6, 6.07) is 0. The van der Waals surface area contributed by atoms with E-state index >= 15 is 0 Å². The number of carbonyl (C=O) groups is 1. The van der Waals surface area contributed by atoms with Crippen LogP contribution in [-0.2, 0) is 4.79 Å². The lowest BCUT2D eigenvalue weighted by atomic mass is 10.0. The molecule has 0 bridgehead atoms. The van der Waals surface area contributed by atoms with E-state index in [0.29, 0.717) is 6.42 Å². The molecule has 1 amide bonds. The standard InChI is InChI=1S/C12H22F2N2O.ClH/c13-12(14,8-15)9-16-11(17)7-3-6-10-4-1-2-5-10;/h10H,1-9,15H2,(H,16,17);1H. The SMILES string of the molecule is Cl.NCC(F)(F)CNC(=O)CCCC1CCCC1. The monoisotopic (exact) mass is 284 g/mol. The third kappa shape index (κ3) is 7.11. The van der Waals surface area contributed by atoms with E-state index < -0.39 is 19.0 Å². The molecular weight excluding hydrogens is 262 g/mol. The minimum absolute atomic E-state index is 0. The van der Waals surface area contributed by atoms with Crippen LogP contribution < -0.4 is 11.1 Å². The van der Waals surface area contributed by atoms with Crippen LogP contribution in [0.25, 0.3) is 0 Å². The second kappa shape index (κ2) is 8.64. The fourth-order valence-corrected chi connectivity index (χ4v) is 2.24. The van der Waals surface area contributed by atoms with Gasteiger partial charge in [0.1, 0.15) is 0 Å². The van der Waals surface area contributed by atoms with Crippen molar-refractivity contribution in [3.8, 4) is 0 Å². The summed E-state index contributed by atoms with van der Waals surface area (Å²) in [5.74, 6) is -2.54. The number of carbonyl (C=O) groups excluding carboxylic acids is 1. The molecule has 1 rings (SSSR count). The molecule has 0 saturated heterocycles. The van der Waals surface area contributed by atoms with E-state index in [1.807, 2.05) is 0 Å². The molecule has 1 aliphatic carbocycles. The molecule has 0 aromatic rings. The zero-order chi connectivity index (χ0) is 12.7. The smallest absolute Gasteiger partial charge is 0.277 e. The highest BCUT2D eigenvalue weighted by Crippen LogP contribution is 2.28. The first-order chi connectivity index (χ1) is 8.03. The van der Waals surface area contributed by atoms with Crippen molar-refractivity contribution in [3.05, 3.63) is 0 Å². The third-order valence-electron chi connectivity index (χ3n) is 3.33. The van der Waals surface area contributed by atoms with E-state index in [-0.39, 0.29) is 18.3 Å². The Morgan fingerprint density at radius 3 is 2.50 bits per heavy atom. The Labute approximate surface area is 113 Å². The largest absolute Gasteiger partial charge is 0.350 e. The summed E-state index contributed by atoms with van der Waals surface area (Å²) in [6.07, 6.45) is 7.28. The normalized spacial score (nSPS) is 16.4. The molecule has 0 aromatic heterocycles. The van der Waals surface area contributed by atoms with Gasteiger partial charge in [-0.05, 0) is 18.8 Å². The lowest BCUT2D eigenvalue weighted by Crippen LogP contribution is -2.41. The number of nitrogens with one attached hydrogen (secondary N) is 1. The number of alkyl halides is 2. The van der Waals surface area contributed by atoms with Crippen molar-refractivity contribution in [2.24, 2.45) is 11.7 Å². The van der Waals surface area contributed by atoms with Crippen LogP contribution in [0.3, 0.4) is 0 Å². The Morgan fingerprint density at radius 1 is 1.33 bits per heavy atom. The molecule has 3 N–H and O–H groups in total. The number of halogens is 3. The zero-order valence-electron chi connectivity index (χ0n) is 10.6. The van der Waals surface area contributed by atoms with Crippen molar-refractivity contribution in [2.45, 2.75) is 50.9 Å². The minimum Gasteiger partial charge on any atom is -0.350 e. The second-order valence-corrected chi connectivity index (χ2v) is 4.88. The molecule has 0 unspecified atom stereocenters. The van der Waals surface area contributed by atoms with Crippen molar-refractivity contribution in [1.82, 2.24) is 5.32 Å². The van der Waals surface area contributed by atoms with Gasteiger partial charge in [0.2, 0.25) is 5.91 Å². The molecule has 1 saturated carbocycles. The molecule has 0 heterocycles. The van der Waals surface area contributed by atoms with E-state index in [9.17, 15) is 13.6 Å². The molecule has 3 nitrogen and oxygen atoms in total. The predicted octanol–water partition coefficient (Wildman–Crippen LogP) is 2.48. The summed E-state index contributed by atoms with van der Waals surface area (Å²) >= 11 is 0. The van der Waals surface area contributed by atoms with Crippen molar-refractivity contribution in [3.63, 3.8) is 0 Å². The number of amides is 1. The van der Waals surface area contributed by atoms with E-state index in [0.717, 1.165) is 18.8 Å². The van der Waals surface area contributed by atoms with Gasteiger partial charge in [0.15, 0.2) is 0 Å². The quantitative estimate of drug-likeness (QED) is 0.755. The van der Waals surface area contributed by atoms with Crippen LogP contribution >= 0.6 is 12.4 Å². The lowest BCUT2D eigenvalue weighted by molar-refractivity contribution is -0.123. The van der Waals surface area contributed by atoms with Gasteiger partial charge in [-0.2, -0.15) is 0 Å². The molecule has 1 aliphatic rings. The van der Waals surface area contributed by atoms with E-state index in [2.05, 4.69) is 5.32 Å². The van der Waals surface area contributed by atoms with E-state index in [1.54, 1.807) is 0 Å². The van der Waals surface area contributed by atoms with Gasteiger partial charge in [0.05, 0.1) is 13.1 Å². The number of rotatable bonds is 7. The van der Waals surface area contributed by atoms with Crippen molar-refractivity contribution < 1.29 is 13.6 Å². The average Bonchev–Trinajstić information content (AvgIpc) is 2.80. The molecule has 0 spiro atoms. The van der Waals surface area contributed by atoms with Crippen molar-refractivity contribution in [2.75, 3.05) is 13.1 Å². The van der Waals surface area contributed by atoms with Gasteiger partial charge in [-0.3, -0.25) is 4.79 Å². The topological polar surface area (TPSA) is 55.1 Å². The summed E-state index contributed by atoms with van der Waals surface area (Å²) in [5.41, 5.74) is 4.87. The molecule has 108 valence electrons. The van der Waals surface area contributed by atoms with Crippen LogP contribution in [0.15, 0.2) is 0 Å². The van der Waals surface area contributed by atoms with Gasteiger partial charge in [-0.15, -0.1) is 12.4 Å². The van der Waals surface area contributed by atoms with Gasteiger partial charge in [-0.1, -0.05) is 25.7 Å². The van der Waals surface area contributed by atoms with Gasteiger partial charge in [0, 0.05) is 6.42 Å². The van der Waals surface area contributed by atoms with Crippen LogP contribution in [0.4, 0.5) is 8.78 Å². The molecule has 18 heavy (non-hydrogen) atoms. The van der Waals surface area contributed by atoms with Crippen LogP contribution in [0.2, 0.25) is 0 Å². The third-order valence-corrected chi connectivity index (χ3v) is 3.33. The molecule has 1 fully saturated rings. The van der Waals surface area contributed by atoms with Crippen LogP contribution in [0.5, 0.6) is 0 Å². The lowest BCUT2D eigenvalue weighted by Gasteiger charge is -2.14. The number of nitrogens with two attached hydrogens (primary N) is 1. The van der Waals surface area contributed by atoms with Crippen LogP contribution in [0.1, 0.15) is 44.9 Å². The maximum Gasteiger partial charge on any atom is 0.277 e. The van der Waals surface area contributed by atoms with Gasteiger partial charge in [0.25, 0.3) is 5.92 Å². The highest BCUT2D eigenvalue weighted by atomic mass is 35.5. The maximum atomic E-state index is 12.7. The molecule has 0 aromatic carbocycles. The molecule has 0 radical (unpaired) electrons. The molecular formula is C12H23ClF2N2O. The predicted molar refractivity (Wildman–Crippen MR) is 70.1 cm³/mol. The maximum absolute atomic E-state index is 12.7. The Balaban J connectivity index is 0.00000289. The average molecular weight is 285 g/mol. The summed E-state index contributed by atoms with van der Waals surface area (Å²) in [5, 5.41) is 2.23. The van der Waals surface area contributed by atoms with Gasteiger partial charge in [-0.25, -0.2) is 8.78 Å². The highest BCUT2D eigenvalue weighted by molar-refractivity contribution is 5.85. The highest BCUT2D eigenvalue weighted by Gasteiger charge is 2.27. The van der Waals surface area contributed by atoms with Crippen molar-refractivity contribution >= 4 is 18.3 Å². The summed E-state index contributed by atoms with van der Waals surface area (Å²) in [4.78, 5) is 11.3.